The number of carbonyl (C=O) groups excluding carboxylic acids is 1. The molecule has 0 bridgehead atoms. The number of alkyl carbamates (subject to hydrolysis) is 1. The van der Waals surface area contributed by atoms with Gasteiger partial charge in [0, 0.05) is 17.0 Å². The second kappa shape index (κ2) is 8.04. The average molecular weight is 366 g/mol. The van der Waals surface area contributed by atoms with E-state index in [9.17, 15) is 15.0 Å². The Kier molecular flexibility index (Phi) is 6.27. The Bertz CT molecular complexity index is 737. The first-order valence-corrected chi connectivity index (χ1v) is 8.57. The molecule has 6 heteroatoms. The molecule has 0 aliphatic carbocycles. The van der Waals surface area contributed by atoms with Gasteiger partial charge in [-0.15, -0.1) is 0 Å². The van der Waals surface area contributed by atoms with Gasteiger partial charge in [0.15, 0.2) is 0 Å². The van der Waals surface area contributed by atoms with Gasteiger partial charge in [-0.05, 0) is 44.2 Å². The van der Waals surface area contributed by atoms with Gasteiger partial charge in [-0.1, -0.05) is 41.9 Å². The summed E-state index contributed by atoms with van der Waals surface area (Å²) in [5.41, 5.74) is -0.0186. The van der Waals surface area contributed by atoms with E-state index < -0.39 is 23.9 Å². The third kappa shape index (κ3) is 5.33. The first kappa shape index (κ1) is 19.5. The van der Waals surface area contributed by atoms with Crippen LogP contribution < -0.4 is 5.32 Å². The molecule has 0 radical (unpaired) electrons. The number of fused-ring (bicyclic) bond motifs is 1. The van der Waals surface area contributed by atoms with Crippen LogP contribution in [-0.4, -0.2) is 34.6 Å². The molecule has 0 aromatic heterocycles. The van der Waals surface area contributed by atoms with Crippen LogP contribution in [0.5, 0.6) is 0 Å². The molecule has 2 aromatic carbocycles. The lowest BCUT2D eigenvalue weighted by atomic mass is 9.96. The Morgan fingerprint density at radius 3 is 2.48 bits per heavy atom. The van der Waals surface area contributed by atoms with Gasteiger partial charge in [-0.2, -0.15) is 0 Å². The third-order valence-corrected chi connectivity index (χ3v) is 3.99. The molecule has 25 heavy (non-hydrogen) atoms. The zero-order valence-corrected chi connectivity index (χ0v) is 15.4. The van der Waals surface area contributed by atoms with E-state index in [0.717, 1.165) is 10.8 Å². The van der Waals surface area contributed by atoms with Crippen molar-refractivity contribution in [2.24, 2.45) is 0 Å². The van der Waals surface area contributed by atoms with E-state index in [2.05, 4.69) is 5.32 Å². The van der Waals surface area contributed by atoms with Crippen LogP contribution in [0.4, 0.5) is 4.79 Å². The van der Waals surface area contributed by atoms with E-state index in [-0.39, 0.29) is 13.0 Å². The molecular weight excluding hydrogens is 342 g/mol. The van der Waals surface area contributed by atoms with Gasteiger partial charge < -0.3 is 20.3 Å². The molecule has 0 aliphatic rings. The largest absolute Gasteiger partial charge is 0.444 e. The zero-order chi connectivity index (χ0) is 18.6. The van der Waals surface area contributed by atoms with Gasteiger partial charge in [-0.25, -0.2) is 4.79 Å². The van der Waals surface area contributed by atoms with Gasteiger partial charge in [0.05, 0.1) is 6.10 Å². The molecule has 0 saturated carbocycles. The summed E-state index contributed by atoms with van der Waals surface area (Å²) in [6, 6.07) is 10.9. The molecule has 2 unspecified atom stereocenters. The van der Waals surface area contributed by atoms with Gasteiger partial charge >= 0.3 is 6.09 Å². The maximum atomic E-state index is 11.6. The minimum Gasteiger partial charge on any atom is -0.444 e. The fourth-order valence-corrected chi connectivity index (χ4v) is 2.86. The van der Waals surface area contributed by atoms with Crippen LogP contribution in [-0.2, 0) is 4.74 Å². The van der Waals surface area contributed by atoms with E-state index in [0.29, 0.717) is 10.6 Å². The second-order valence-electron chi connectivity index (χ2n) is 6.91. The number of aliphatic hydroxyl groups is 2. The first-order valence-electron chi connectivity index (χ1n) is 8.19. The Morgan fingerprint density at radius 2 is 1.84 bits per heavy atom. The van der Waals surface area contributed by atoms with Crippen molar-refractivity contribution in [1.82, 2.24) is 5.32 Å². The molecule has 0 heterocycles. The predicted molar refractivity (Wildman–Crippen MR) is 98.8 cm³/mol. The first-order chi connectivity index (χ1) is 11.7. The number of rotatable bonds is 5. The zero-order valence-electron chi connectivity index (χ0n) is 14.6. The Hall–Kier alpha value is -1.82. The Labute approximate surface area is 152 Å². The summed E-state index contributed by atoms with van der Waals surface area (Å²) in [7, 11) is 0. The van der Waals surface area contributed by atoms with Crippen molar-refractivity contribution in [3.8, 4) is 0 Å². The summed E-state index contributed by atoms with van der Waals surface area (Å²) in [4.78, 5) is 11.6. The molecule has 3 N–H and O–H groups in total. The molecule has 0 spiro atoms. The lowest BCUT2D eigenvalue weighted by Gasteiger charge is -2.22. The molecule has 1 amide bonds. The smallest absolute Gasteiger partial charge is 0.407 e. The molecule has 2 atom stereocenters. The molecule has 5 nitrogen and oxygen atoms in total. The number of ether oxygens (including phenoxy) is 1. The lowest BCUT2D eigenvalue weighted by Crippen LogP contribution is -2.34. The highest BCUT2D eigenvalue weighted by Gasteiger charge is 2.22. The van der Waals surface area contributed by atoms with E-state index in [1.807, 2.05) is 24.3 Å². The minimum absolute atomic E-state index is 0.182. The van der Waals surface area contributed by atoms with Crippen molar-refractivity contribution >= 4 is 28.5 Å². The third-order valence-electron chi connectivity index (χ3n) is 3.68. The summed E-state index contributed by atoms with van der Waals surface area (Å²) >= 11 is 6.25. The Balaban J connectivity index is 2.01. The number of hydrogen-bond acceptors (Lipinski definition) is 4. The number of nitrogens with one attached hydrogen (secondary N) is 1. The fraction of sp³-hybridized carbons (Fsp3) is 0.421. The quantitative estimate of drug-likeness (QED) is 0.753. The normalized spacial score (nSPS) is 14.2. The van der Waals surface area contributed by atoms with Crippen LogP contribution in [0.1, 0.15) is 38.9 Å². The van der Waals surface area contributed by atoms with Crippen molar-refractivity contribution in [3.05, 3.63) is 47.0 Å². The van der Waals surface area contributed by atoms with Crippen LogP contribution in [0.25, 0.3) is 10.8 Å². The van der Waals surface area contributed by atoms with Crippen molar-refractivity contribution in [3.63, 3.8) is 0 Å². The van der Waals surface area contributed by atoms with Crippen molar-refractivity contribution in [2.45, 2.75) is 45.0 Å². The van der Waals surface area contributed by atoms with Gasteiger partial charge in [0.1, 0.15) is 11.7 Å². The molecule has 0 saturated heterocycles. The van der Waals surface area contributed by atoms with Gasteiger partial charge in [0.2, 0.25) is 0 Å². The van der Waals surface area contributed by atoms with Crippen molar-refractivity contribution < 1.29 is 19.7 Å². The second-order valence-corrected chi connectivity index (χ2v) is 7.32. The average Bonchev–Trinajstić information content (AvgIpc) is 2.52. The van der Waals surface area contributed by atoms with Crippen LogP contribution in [0, 0.1) is 0 Å². The summed E-state index contributed by atoms with van der Waals surface area (Å²) in [5, 5.41) is 25.5. The molecular formula is C19H24ClNO4. The fourth-order valence-electron chi connectivity index (χ4n) is 2.57. The summed E-state index contributed by atoms with van der Waals surface area (Å²) in [5.74, 6) is 0. The van der Waals surface area contributed by atoms with E-state index in [1.54, 1.807) is 32.9 Å². The number of amides is 1. The monoisotopic (exact) mass is 365 g/mol. The van der Waals surface area contributed by atoms with Gasteiger partial charge in [-0.3, -0.25) is 0 Å². The van der Waals surface area contributed by atoms with Crippen molar-refractivity contribution in [1.29, 1.82) is 0 Å². The molecule has 0 aliphatic heterocycles. The Morgan fingerprint density at radius 1 is 1.20 bits per heavy atom. The number of benzene rings is 2. The highest BCUT2D eigenvalue weighted by molar-refractivity contribution is 6.35. The van der Waals surface area contributed by atoms with Crippen LogP contribution >= 0.6 is 11.6 Å². The van der Waals surface area contributed by atoms with Crippen LogP contribution in [0.15, 0.2) is 36.4 Å². The summed E-state index contributed by atoms with van der Waals surface area (Å²) in [6.07, 6.45) is -2.52. The van der Waals surface area contributed by atoms with E-state index in [4.69, 9.17) is 16.3 Å². The lowest BCUT2D eigenvalue weighted by molar-refractivity contribution is 0.0131. The van der Waals surface area contributed by atoms with Crippen LogP contribution in [0.3, 0.4) is 0 Å². The number of halogens is 1. The highest BCUT2D eigenvalue weighted by Crippen LogP contribution is 2.32. The van der Waals surface area contributed by atoms with E-state index in [1.165, 1.54) is 0 Å². The summed E-state index contributed by atoms with van der Waals surface area (Å²) in [6.45, 7) is 5.51. The van der Waals surface area contributed by atoms with E-state index >= 15 is 0 Å². The number of hydrogen-bond donors (Lipinski definition) is 3. The minimum atomic E-state index is -1.11. The molecule has 2 rings (SSSR count). The topological polar surface area (TPSA) is 78.8 Å². The predicted octanol–water partition coefficient (Wildman–Crippen LogP) is 3.80. The standard InChI is InChI=1S/C19H24ClNO4/c1-19(2,3)25-18(24)21-11-10-15(22)17(23)13-8-4-6-12-7-5-9-14(20)16(12)13/h4-9,15,17,22-23H,10-11H2,1-3H3,(H,21,24). The molecule has 2 aromatic rings. The highest BCUT2D eigenvalue weighted by atomic mass is 35.5. The number of carbonyl (C=O) groups is 1. The maximum Gasteiger partial charge on any atom is 0.407 e. The van der Waals surface area contributed by atoms with Gasteiger partial charge in [0.25, 0.3) is 0 Å². The molecule has 136 valence electrons. The molecule has 0 fully saturated rings. The van der Waals surface area contributed by atoms with Crippen molar-refractivity contribution in [2.75, 3.05) is 6.54 Å². The SMILES string of the molecule is CC(C)(C)OC(=O)NCCC(O)C(O)c1cccc2cccc(Cl)c12. The maximum absolute atomic E-state index is 11.6. The summed E-state index contributed by atoms with van der Waals surface area (Å²) < 4.78 is 5.13. The number of aliphatic hydroxyl groups excluding tert-OH is 2. The van der Waals surface area contributed by atoms with Crippen LogP contribution in [0.2, 0.25) is 5.02 Å².